The normalized spacial score (nSPS) is 10.6. The fraction of sp³-hybridized carbons (Fsp3) is 0.556. The molecule has 0 aromatic heterocycles. The van der Waals surface area contributed by atoms with Gasteiger partial charge in [-0.1, -0.05) is 39.7 Å². The second-order valence-electron chi connectivity index (χ2n) is 6.00. The highest BCUT2D eigenvalue weighted by Crippen LogP contribution is 2.12. The molecule has 5 heteroatoms. The molecule has 5 nitrogen and oxygen atoms in total. The lowest BCUT2D eigenvalue weighted by molar-refractivity contribution is -0.115. The van der Waals surface area contributed by atoms with E-state index in [4.69, 9.17) is 4.74 Å². The third-order valence-electron chi connectivity index (χ3n) is 3.20. The second kappa shape index (κ2) is 10.8. The Labute approximate surface area is 138 Å². The van der Waals surface area contributed by atoms with Crippen LogP contribution in [-0.2, 0) is 9.53 Å². The van der Waals surface area contributed by atoms with Gasteiger partial charge in [0.05, 0.1) is 18.7 Å². The van der Waals surface area contributed by atoms with E-state index in [0.717, 1.165) is 25.8 Å². The number of esters is 1. The number of amides is 1. The quantitative estimate of drug-likeness (QED) is 0.513. The van der Waals surface area contributed by atoms with Gasteiger partial charge in [-0.25, -0.2) is 4.79 Å². The SMILES string of the molecule is CCCCCOC(=O)c1cccc(NC(=O)CNCC(C)C)c1. The van der Waals surface area contributed by atoms with Gasteiger partial charge in [0.25, 0.3) is 0 Å². The van der Waals surface area contributed by atoms with Crippen LogP contribution in [-0.4, -0.2) is 31.6 Å². The molecule has 1 aromatic carbocycles. The molecule has 0 aliphatic rings. The molecule has 0 spiro atoms. The van der Waals surface area contributed by atoms with Crippen LogP contribution < -0.4 is 10.6 Å². The maximum atomic E-state index is 11.9. The molecule has 0 saturated carbocycles. The van der Waals surface area contributed by atoms with Crippen molar-refractivity contribution in [2.24, 2.45) is 5.92 Å². The lowest BCUT2D eigenvalue weighted by Crippen LogP contribution is -2.30. The molecular weight excluding hydrogens is 292 g/mol. The predicted molar refractivity (Wildman–Crippen MR) is 92.6 cm³/mol. The molecule has 0 aliphatic heterocycles. The lowest BCUT2D eigenvalue weighted by atomic mass is 10.2. The zero-order valence-electron chi connectivity index (χ0n) is 14.4. The summed E-state index contributed by atoms with van der Waals surface area (Å²) < 4.78 is 5.22. The number of carbonyl (C=O) groups excluding carboxylic acids is 2. The molecule has 0 aliphatic carbocycles. The second-order valence-corrected chi connectivity index (χ2v) is 6.00. The van der Waals surface area contributed by atoms with Crippen molar-refractivity contribution in [3.05, 3.63) is 29.8 Å². The van der Waals surface area contributed by atoms with Crippen molar-refractivity contribution in [2.75, 3.05) is 25.0 Å². The van der Waals surface area contributed by atoms with Crippen molar-refractivity contribution in [1.29, 1.82) is 0 Å². The van der Waals surface area contributed by atoms with Gasteiger partial charge >= 0.3 is 5.97 Å². The highest BCUT2D eigenvalue weighted by molar-refractivity contribution is 5.95. The van der Waals surface area contributed by atoms with Gasteiger partial charge in [-0.2, -0.15) is 0 Å². The van der Waals surface area contributed by atoms with E-state index < -0.39 is 0 Å². The highest BCUT2D eigenvalue weighted by Gasteiger charge is 2.09. The summed E-state index contributed by atoms with van der Waals surface area (Å²) in [5.41, 5.74) is 1.05. The van der Waals surface area contributed by atoms with Gasteiger partial charge < -0.3 is 15.4 Å². The first kappa shape index (κ1) is 19.2. The van der Waals surface area contributed by atoms with Gasteiger partial charge in [0.15, 0.2) is 0 Å². The third kappa shape index (κ3) is 8.35. The summed E-state index contributed by atoms with van der Waals surface area (Å²) in [6, 6.07) is 6.82. The first-order valence-electron chi connectivity index (χ1n) is 8.30. The van der Waals surface area contributed by atoms with Gasteiger partial charge in [-0.3, -0.25) is 4.79 Å². The summed E-state index contributed by atoms with van der Waals surface area (Å²) in [6.45, 7) is 7.74. The Hall–Kier alpha value is -1.88. The summed E-state index contributed by atoms with van der Waals surface area (Å²) in [4.78, 5) is 23.8. The van der Waals surface area contributed by atoms with E-state index in [2.05, 4.69) is 31.4 Å². The van der Waals surface area contributed by atoms with Gasteiger partial charge in [0.2, 0.25) is 5.91 Å². The van der Waals surface area contributed by atoms with Gasteiger partial charge in [0.1, 0.15) is 0 Å². The molecule has 2 N–H and O–H groups in total. The van der Waals surface area contributed by atoms with Crippen LogP contribution in [0.2, 0.25) is 0 Å². The minimum absolute atomic E-state index is 0.126. The molecule has 0 heterocycles. The summed E-state index contributed by atoms with van der Waals surface area (Å²) in [7, 11) is 0. The average Bonchev–Trinajstić information content (AvgIpc) is 2.51. The Bertz CT molecular complexity index is 501. The van der Waals surface area contributed by atoms with Crippen LogP contribution in [0.1, 0.15) is 50.4 Å². The van der Waals surface area contributed by atoms with Crippen molar-refractivity contribution < 1.29 is 14.3 Å². The fourth-order valence-electron chi connectivity index (χ4n) is 2.00. The molecule has 0 radical (unpaired) electrons. The van der Waals surface area contributed by atoms with E-state index in [-0.39, 0.29) is 18.4 Å². The summed E-state index contributed by atoms with van der Waals surface area (Å²) in [5, 5.41) is 5.86. The molecule has 1 amide bonds. The van der Waals surface area contributed by atoms with Crippen molar-refractivity contribution in [2.45, 2.75) is 40.0 Å². The number of anilines is 1. The number of benzene rings is 1. The van der Waals surface area contributed by atoms with Crippen LogP contribution in [0.4, 0.5) is 5.69 Å². The third-order valence-corrected chi connectivity index (χ3v) is 3.20. The molecular formula is C18H28N2O3. The van der Waals surface area contributed by atoms with Gasteiger partial charge in [-0.15, -0.1) is 0 Å². The van der Waals surface area contributed by atoms with E-state index in [1.54, 1.807) is 24.3 Å². The largest absolute Gasteiger partial charge is 0.462 e. The number of ether oxygens (including phenoxy) is 1. The Morgan fingerprint density at radius 3 is 2.70 bits per heavy atom. The minimum Gasteiger partial charge on any atom is -0.462 e. The fourth-order valence-corrected chi connectivity index (χ4v) is 2.00. The number of carbonyl (C=O) groups is 2. The molecule has 1 aromatic rings. The summed E-state index contributed by atoms with van der Waals surface area (Å²) in [5.74, 6) is 0.0165. The Morgan fingerprint density at radius 1 is 1.22 bits per heavy atom. The van der Waals surface area contributed by atoms with Gasteiger partial charge in [0, 0.05) is 5.69 Å². The zero-order valence-corrected chi connectivity index (χ0v) is 14.4. The molecule has 0 saturated heterocycles. The van der Waals surface area contributed by atoms with Crippen LogP contribution in [0.3, 0.4) is 0 Å². The summed E-state index contributed by atoms with van der Waals surface area (Å²) >= 11 is 0. The molecule has 0 atom stereocenters. The van der Waals surface area contributed by atoms with Crippen LogP contribution in [0.5, 0.6) is 0 Å². The first-order chi connectivity index (χ1) is 11.0. The van der Waals surface area contributed by atoms with Crippen molar-refractivity contribution in [1.82, 2.24) is 5.32 Å². The zero-order chi connectivity index (χ0) is 17.1. The topological polar surface area (TPSA) is 67.4 Å². The Balaban J connectivity index is 2.46. The van der Waals surface area contributed by atoms with Crippen LogP contribution in [0.15, 0.2) is 24.3 Å². The molecule has 0 fully saturated rings. The smallest absolute Gasteiger partial charge is 0.338 e. The van der Waals surface area contributed by atoms with Crippen LogP contribution in [0, 0.1) is 5.92 Å². The average molecular weight is 320 g/mol. The number of hydrogen-bond donors (Lipinski definition) is 2. The van der Waals surface area contributed by atoms with Crippen molar-refractivity contribution in [3.8, 4) is 0 Å². The Kier molecular flexibility index (Phi) is 8.98. The molecule has 128 valence electrons. The predicted octanol–water partition coefficient (Wildman–Crippen LogP) is 3.22. The van der Waals surface area contributed by atoms with Crippen LogP contribution >= 0.6 is 0 Å². The number of nitrogens with one attached hydrogen (secondary N) is 2. The maximum absolute atomic E-state index is 11.9. The van der Waals surface area contributed by atoms with E-state index in [9.17, 15) is 9.59 Å². The van der Waals surface area contributed by atoms with Crippen LogP contribution in [0.25, 0.3) is 0 Å². The maximum Gasteiger partial charge on any atom is 0.338 e. The van der Waals surface area contributed by atoms with E-state index in [1.165, 1.54) is 0 Å². The number of hydrogen-bond acceptors (Lipinski definition) is 4. The molecule has 0 unspecified atom stereocenters. The van der Waals surface area contributed by atoms with E-state index >= 15 is 0 Å². The Morgan fingerprint density at radius 2 is 2.00 bits per heavy atom. The lowest BCUT2D eigenvalue weighted by Gasteiger charge is -2.09. The van der Waals surface area contributed by atoms with Crippen molar-refractivity contribution in [3.63, 3.8) is 0 Å². The number of rotatable bonds is 10. The molecule has 23 heavy (non-hydrogen) atoms. The number of unbranched alkanes of at least 4 members (excludes halogenated alkanes) is 2. The monoisotopic (exact) mass is 320 g/mol. The standard InChI is InChI=1S/C18H28N2O3/c1-4-5-6-10-23-18(22)15-8-7-9-16(11-15)20-17(21)13-19-12-14(2)3/h7-9,11,14,19H,4-6,10,12-13H2,1-3H3,(H,20,21). The summed E-state index contributed by atoms with van der Waals surface area (Å²) in [6.07, 6.45) is 3.01. The van der Waals surface area contributed by atoms with E-state index in [0.29, 0.717) is 23.8 Å². The van der Waals surface area contributed by atoms with E-state index in [1.807, 2.05) is 0 Å². The molecule has 1 rings (SSSR count). The first-order valence-corrected chi connectivity index (χ1v) is 8.30. The molecule has 0 bridgehead atoms. The van der Waals surface area contributed by atoms with Crippen molar-refractivity contribution >= 4 is 17.6 Å². The van der Waals surface area contributed by atoms with Gasteiger partial charge in [-0.05, 0) is 37.1 Å². The highest BCUT2D eigenvalue weighted by atomic mass is 16.5. The minimum atomic E-state index is -0.352.